The van der Waals surface area contributed by atoms with Gasteiger partial charge in [0.15, 0.2) is 5.78 Å². The van der Waals surface area contributed by atoms with E-state index in [1.807, 2.05) is 0 Å². The first-order valence-electron chi connectivity index (χ1n) is 9.04. The number of Topliss-reactive ketones (excluding diaryl/α,β-unsaturated/α-hetero) is 1. The summed E-state index contributed by atoms with van der Waals surface area (Å²) >= 11 is 0. The highest BCUT2D eigenvalue weighted by Gasteiger charge is 2.49. The number of carbonyl (C=O) groups excluding carboxylic acids is 2. The van der Waals surface area contributed by atoms with Gasteiger partial charge in [0.2, 0.25) is 5.91 Å². The summed E-state index contributed by atoms with van der Waals surface area (Å²) in [7, 11) is 1.72. The number of nitrogens with zero attached hydrogens (tertiary/aromatic N) is 1. The third-order valence-corrected chi connectivity index (χ3v) is 5.51. The molecule has 1 aromatic carbocycles. The summed E-state index contributed by atoms with van der Waals surface area (Å²) in [6.07, 6.45) is 2.97. The SMILES string of the molecule is CN1NCC2(CCCC(C(=O)[C@H](N)COCc3ccc(F)cc3)C2)C1=O. The summed E-state index contributed by atoms with van der Waals surface area (Å²) in [6, 6.07) is 5.31. The topological polar surface area (TPSA) is 84.7 Å². The molecule has 142 valence electrons. The van der Waals surface area contributed by atoms with E-state index in [0.717, 1.165) is 24.8 Å². The highest BCUT2D eigenvalue weighted by atomic mass is 19.1. The zero-order chi connectivity index (χ0) is 18.7. The lowest BCUT2D eigenvalue weighted by molar-refractivity contribution is -0.139. The predicted molar refractivity (Wildman–Crippen MR) is 94.2 cm³/mol. The second-order valence-electron chi connectivity index (χ2n) is 7.42. The molecule has 2 aliphatic rings. The number of ketones is 1. The average Bonchev–Trinajstić information content (AvgIpc) is 2.91. The molecule has 1 aliphatic heterocycles. The van der Waals surface area contributed by atoms with Crippen LogP contribution in [0.25, 0.3) is 0 Å². The van der Waals surface area contributed by atoms with Gasteiger partial charge in [-0.25, -0.2) is 9.82 Å². The van der Waals surface area contributed by atoms with Crippen molar-refractivity contribution in [3.05, 3.63) is 35.6 Å². The fourth-order valence-corrected chi connectivity index (χ4v) is 4.00. The van der Waals surface area contributed by atoms with Crippen LogP contribution in [0.2, 0.25) is 0 Å². The number of benzene rings is 1. The molecule has 1 spiro atoms. The van der Waals surface area contributed by atoms with E-state index in [4.69, 9.17) is 10.5 Å². The molecule has 1 aliphatic carbocycles. The highest BCUT2D eigenvalue weighted by Crippen LogP contribution is 2.43. The Labute approximate surface area is 152 Å². The summed E-state index contributed by atoms with van der Waals surface area (Å²) in [6.45, 7) is 0.983. The molecule has 3 N–H and O–H groups in total. The molecule has 3 rings (SSSR count). The van der Waals surface area contributed by atoms with E-state index in [2.05, 4.69) is 5.43 Å². The summed E-state index contributed by atoms with van der Waals surface area (Å²) in [4.78, 5) is 25.2. The molecule has 3 atom stereocenters. The summed E-state index contributed by atoms with van der Waals surface area (Å²) in [5.41, 5.74) is 9.46. The van der Waals surface area contributed by atoms with E-state index in [0.29, 0.717) is 13.0 Å². The number of hydrazine groups is 1. The van der Waals surface area contributed by atoms with Crippen molar-refractivity contribution in [3.8, 4) is 0 Å². The number of hydrogen-bond acceptors (Lipinski definition) is 5. The summed E-state index contributed by atoms with van der Waals surface area (Å²) in [5.74, 6) is -0.472. The van der Waals surface area contributed by atoms with Crippen LogP contribution in [0.4, 0.5) is 4.39 Å². The molecule has 2 unspecified atom stereocenters. The van der Waals surface area contributed by atoms with Crippen molar-refractivity contribution in [2.75, 3.05) is 20.2 Å². The van der Waals surface area contributed by atoms with Crippen molar-refractivity contribution in [2.45, 2.75) is 38.3 Å². The maximum atomic E-state index is 12.9. The van der Waals surface area contributed by atoms with Crippen LogP contribution in [0, 0.1) is 17.2 Å². The van der Waals surface area contributed by atoms with Crippen molar-refractivity contribution >= 4 is 11.7 Å². The molecule has 1 amide bonds. The first-order chi connectivity index (χ1) is 12.4. The second kappa shape index (κ2) is 7.82. The molecule has 0 aromatic heterocycles. The van der Waals surface area contributed by atoms with Crippen LogP contribution in [0.1, 0.15) is 31.2 Å². The van der Waals surface area contributed by atoms with Crippen LogP contribution in [-0.2, 0) is 20.9 Å². The molecule has 2 fully saturated rings. The number of rotatable bonds is 6. The van der Waals surface area contributed by atoms with Crippen LogP contribution in [-0.4, -0.2) is 42.9 Å². The number of carbonyl (C=O) groups is 2. The van der Waals surface area contributed by atoms with Crippen molar-refractivity contribution in [3.63, 3.8) is 0 Å². The molecule has 26 heavy (non-hydrogen) atoms. The Morgan fingerprint density at radius 3 is 2.85 bits per heavy atom. The largest absolute Gasteiger partial charge is 0.375 e. The zero-order valence-corrected chi connectivity index (χ0v) is 15.0. The molecular weight excluding hydrogens is 337 g/mol. The first kappa shape index (κ1) is 18.9. The van der Waals surface area contributed by atoms with Crippen molar-refractivity contribution < 1.29 is 18.7 Å². The van der Waals surface area contributed by atoms with E-state index in [1.54, 1.807) is 19.2 Å². The van der Waals surface area contributed by atoms with Crippen LogP contribution in [0.15, 0.2) is 24.3 Å². The standard InChI is InChI=1S/C19H26FN3O3/c1-23-18(25)19(12-22-23)8-2-3-14(9-19)17(24)16(21)11-26-10-13-4-6-15(20)7-5-13/h4-7,14,16,22H,2-3,8-12,21H2,1H3/t14?,16-,19?/m1/s1. The lowest BCUT2D eigenvalue weighted by atomic mass is 9.68. The van der Waals surface area contributed by atoms with Crippen molar-refractivity contribution in [1.29, 1.82) is 0 Å². The molecule has 6 nitrogen and oxygen atoms in total. The number of nitrogens with two attached hydrogens (primary N) is 1. The molecule has 1 aromatic rings. The fourth-order valence-electron chi connectivity index (χ4n) is 4.00. The Morgan fingerprint density at radius 1 is 1.46 bits per heavy atom. The number of ether oxygens (including phenoxy) is 1. The Kier molecular flexibility index (Phi) is 5.70. The second-order valence-corrected chi connectivity index (χ2v) is 7.42. The Bertz CT molecular complexity index is 662. The highest BCUT2D eigenvalue weighted by molar-refractivity contribution is 5.89. The van der Waals surface area contributed by atoms with Crippen LogP contribution < -0.4 is 11.2 Å². The average molecular weight is 363 g/mol. The van der Waals surface area contributed by atoms with Crippen molar-refractivity contribution in [2.24, 2.45) is 17.1 Å². The quantitative estimate of drug-likeness (QED) is 0.798. The monoisotopic (exact) mass is 363 g/mol. The summed E-state index contributed by atoms with van der Waals surface area (Å²) < 4.78 is 18.4. The number of nitrogens with one attached hydrogen (secondary N) is 1. The zero-order valence-electron chi connectivity index (χ0n) is 15.0. The Hall–Kier alpha value is -1.83. The van der Waals surface area contributed by atoms with E-state index in [-0.39, 0.29) is 36.6 Å². The van der Waals surface area contributed by atoms with Crippen LogP contribution in [0.5, 0.6) is 0 Å². The third kappa shape index (κ3) is 3.95. The van der Waals surface area contributed by atoms with Gasteiger partial charge in [-0.15, -0.1) is 0 Å². The maximum Gasteiger partial charge on any atom is 0.243 e. The lowest BCUT2D eigenvalue weighted by Gasteiger charge is -2.35. The number of halogens is 1. The lowest BCUT2D eigenvalue weighted by Crippen LogP contribution is -2.45. The molecular formula is C19H26FN3O3. The summed E-state index contributed by atoms with van der Waals surface area (Å²) in [5, 5.41) is 1.53. The Morgan fingerprint density at radius 2 is 2.19 bits per heavy atom. The minimum absolute atomic E-state index is 0.0365. The molecule has 1 heterocycles. The van der Waals surface area contributed by atoms with Gasteiger partial charge >= 0.3 is 0 Å². The van der Waals surface area contributed by atoms with Crippen LogP contribution in [0.3, 0.4) is 0 Å². The predicted octanol–water partition coefficient (Wildman–Crippen LogP) is 1.39. The van der Waals surface area contributed by atoms with Gasteiger partial charge in [0.1, 0.15) is 5.82 Å². The first-order valence-corrected chi connectivity index (χ1v) is 9.04. The smallest absolute Gasteiger partial charge is 0.243 e. The van der Waals surface area contributed by atoms with Crippen molar-refractivity contribution in [1.82, 2.24) is 10.4 Å². The minimum Gasteiger partial charge on any atom is -0.375 e. The van der Waals surface area contributed by atoms with Gasteiger partial charge in [-0.2, -0.15) is 0 Å². The van der Waals surface area contributed by atoms with E-state index in [9.17, 15) is 14.0 Å². The molecule has 7 heteroatoms. The minimum atomic E-state index is -0.710. The molecule has 1 saturated carbocycles. The molecule has 0 bridgehead atoms. The van der Waals surface area contributed by atoms with Gasteiger partial charge in [-0.1, -0.05) is 18.6 Å². The maximum absolute atomic E-state index is 12.9. The van der Waals surface area contributed by atoms with E-state index in [1.165, 1.54) is 17.1 Å². The van der Waals surface area contributed by atoms with Crippen LogP contribution >= 0.6 is 0 Å². The van der Waals surface area contributed by atoms with Gasteiger partial charge in [0.05, 0.1) is 24.7 Å². The van der Waals surface area contributed by atoms with Gasteiger partial charge < -0.3 is 10.5 Å². The number of amides is 1. The van der Waals surface area contributed by atoms with Gasteiger partial charge in [-0.05, 0) is 37.0 Å². The number of hydrogen-bond donors (Lipinski definition) is 2. The van der Waals surface area contributed by atoms with E-state index < -0.39 is 11.5 Å². The Balaban J connectivity index is 1.51. The molecule has 1 saturated heterocycles. The fraction of sp³-hybridized carbons (Fsp3) is 0.579. The van der Waals surface area contributed by atoms with Gasteiger partial charge in [-0.3, -0.25) is 14.6 Å². The van der Waals surface area contributed by atoms with Gasteiger partial charge in [0, 0.05) is 19.5 Å². The third-order valence-electron chi connectivity index (χ3n) is 5.51. The molecule has 0 radical (unpaired) electrons. The van der Waals surface area contributed by atoms with E-state index >= 15 is 0 Å². The normalized spacial score (nSPS) is 27.1. The van der Waals surface area contributed by atoms with Gasteiger partial charge in [0.25, 0.3) is 0 Å².